The second-order valence-corrected chi connectivity index (χ2v) is 6.95. The van der Waals surface area contributed by atoms with Gasteiger partial charge in [-0.3, -0.25) is 4.79 Å². The van der Waals surface area contributed by atoms with E-state index in [2.05, 4.69) is 10.2 Å². The largest absolute Gasteiger partial charge is 0.464 e. The number of benzene rings is 2. The van der Waals surface area contributed by atoms with Gasteiger partial charge < -0.3 is 4.74 Å². The Morgan fingerprint density at radius 2 is 1.67 bits per heavy atom. The summed E-state index contributed by atoms with van der Waals surface area (Å²) in [6, 6.07) is 9.98. The fourth-order valence-corrected chi connectivity index (χ4v) is 2.86. The molecule has 2 aromatic carbocycles. The maximum Gasteiger partial charge on any atom is 0.333 e. The number of halogens is 3. The number of rotatable bonds is 7. The fourth-order valence-electron chi connectivity index (χ4n) is 2.29. The number of esters is 1. The molecule has 0 spiro atoms. The third kappa shape index (κ3) is 5.76. The Labute approximate surface area is 172 Å². The van der Waals surface area contributed by atoms with Crippen molar-refractivity contribution in [2.45, 2.75) is 19.9 Å². The molecule has 0 aromatic heterocycles. The van der Waals surface area contributed by atoms with Crippen molar-refractivity contribution in [3.05, 3.63) is 63.1 Å². The Kier molecular flexibility index (Phi) is 7.78. The molecule has 0 aliphatic heterocycles. The van der Waals surface area contributed by atoms with Crippen LogP contribution in [0.3, 0.4) is 0 Å². The molecule has 0 saturated carbocycles. The van der Waals surface area contributed by atoms with Gasteiger partial charge in [-0.15, -0.1) is 0 Å². The molecule has 0 radical (unpaired) electrons. The molecule has 0 aliphatic rings. The molecular weight excluding hydrogens is 411 g/mol. The number of hydrogen-bond donors (Lipinski definition) is 0. The van der Waals surface area contributed by atoms with Crippen molar-refractivity contribution in [2.75, 3.05) is 6.61 Å². The van der Waals surface area contributed by atoms with Gasteiger partial charge in [-0.25, -0.2) is 4.79 Å². The van der Waals surface area contributed by atoms with E-state index in [0.717, 1.165) is 0 Å². The minimum Gasteiger partial charge on any atom is -0.464 e. The fraction of sp³-hybridized carbons (Fsp3) is 0.263. The second-order valence-electron chi connectivity index (χ2n) is 5.67. The summed E-state index contributed by atoms with van der Waals surface area (Å²) in [6.45, 7) is 3.43. The summed E-state index contributed by atoms with van der Waals surface area (Å²) >= 11 is 17.8. The number of hydrogen-bond acceptors (Lipinski definition) is 5. The predicted octanol–water partition coefficient (Wildman–Crippen LogP) is 6.18. The molecule has 8 heteroatoms. The summed E-state index contributed by atoms with van der Waals surface area (Å²) < 4.78 is 5.05. The summed E-state index contributed by atoms with van der Waals surface area (Å²) in [5, 5.41) is 9.31. The monoisotopic (exact) mass is 426 g/mol. The van der Waals surface area contributed by atoms with Crippen molar-refractivity contribution >= 4 is 52.2 Å². The van der Waals surface area contributed by atoms with E-state index in [1.54, 1.807) is 50.2 Å². The Morgan fingerprint density at radius 1 is 1.04 bits per heavy atom. The van der Waals surface area contributed by atoms with Crippen molar-refractivity contribution in [3.63, 3.8) is 0 Å². The lowest BCUT2D eigenvalue weighted by Gasteiger charge is -2.17. The predicted molar refractivity (Wildman–Crippen MR) is 106 cm³/mol. The van der Waals surface area contributed by atoms with Gasteiger partial charge in [-0.05, 0) is 49.4 Å². The van der Waals surface area contributed by atoms with Gasteiger partial charge in [-0.2, -0.15) is 10.2 Å². The van der Waals surface area contributed by atoms with Gasteiger partial charge in [0.1, 0.15) is 5.69 Å². The van der Waals surface area contributed by atoms with Crippen LogP contribution in [0.4, 0.5) is 5.69 Å². The standard InChI is InChI=1S/C19H17Cl3N2O3/c1-3-27-19(26)17(24-23-16-9-8-14(21)10-15(16)22)11(2)18(25)12-4-6-13(20)7-5-12/h4-11,17H,3H2,1-2H3. The highest BCUT2D eigenvalue weighted by molar-refractivity contribution is 6.36. The molecule has 2 aromatic rings. The number of ether oxygens (including phenoxy) is 1. The van der Waals surface area contributed by atoms with Crippen LogP contribution in [0.25, 0.3) is 0 Å². The number of carbonyl (C=O) groups is 2. The molecule has 2 atom stereocenters. The lowest BCUT2D eigenvalue weighted by Crippen LogP contribution is -2.33. The van der Waals surface area contributed by atoms with E-state index < -0.39 is 17.9 Å². The molecule has 0 heterocycles. The maximum atomic E-state index is 12.7. The highest BCUT2D eigenvalue weighted by Gasteiger charge is 2.32. The van der Waals surface area contributed by atoms with Crippen LogP contribution in [0.1, 0.15) is 24.2 Å². The van der Waals surface area contributed by atoms with Crippen LogP contribution in [0.5, 0.6) is 0 Å². The number of ketones is 1. The first-order valence-corrected chi connectivity index (χ1v) is 9.29. The number of carbonyl (C=O) groups excluding carboxylic acids is 2. The smallest absolute Gasteiger partial charge is 0.333 e. The average Bonchev–Trinajstić information content (AvgIpc) is 2.63. The maximum absolute atomic E-state index is 12.7. The van der Waals surface area contributed by atoms with E-state index in [4.69, 9.17) is 39.5 Å². The molecule has 0 saturated heterocycles. The van der Waals surface area contributed by atoms with Crippen molar-refractivity contribution < 1.29 is 14.3 Å². The number of Topliss-reactive ketones (excluding diaryl/α,β-unsaturated/α-hetero) is 1. The van der Waals surface area contributed by atoms with Crippen LogP contribution in [0.15, 0.2) is 52.7 Å². The van der Waals surface area contributed by atoms with Crippen LogP contribution in [0.2, 0.25) is 15.1 Å². The quantitative estimate of drug-likeness (QED) is 0.301. The zero-order valence-corrected chi connectivity index (χ0v) is 16.9. The van der Waals surface area contributed by atoms with E-state index in [1.807, 2.05) is 0 Å². The molecule has 2 rings (SSSR count). The van der Waals surface area contributed by atoms with Gasteiger partial charge in [0.2, 0.25) is 0 Å². The highest BCUT2D eigenvalue weighted by atomic mass is 35.5. The third-order valence-corrected chi connectivity index (χ3v) is 4.53. The lowest BCUT2D eigenvalue weighted by atomic mass is 9.93. The van der Waals surface area contributed by atoms with Crippen molar-refractivity contribution in [2.24, 2.45) is 16.1 Å². The first kappa shape index (κ1) is 21.4. The first-order valence-electron chi connectivity index (χ1n) is 8.15. The minimum atomic E-state index is -1.11. The van der Waals surface area contributed by atoms with Gasteiger partial charge in [0, 0.05) is 15.6 Å². The lowest BCUT2D eigenvalue weighted by molar-refractivity contribution is -0.145. The van der Waals surface area contributed by atoms with Crippen molar-refractivity contribution in [3.8, 4) is 0 Å². The second kappa shape index (κ2) is 9.83. The van der Waals surface area contributed by atoms with Crippen molar-refractivity contribution in [1.82, 2.24) is 0 Å². The molecule has 142 valence electrons. The summed E-state index contributed by atoms with van der Waals surface area (Å²) in [5.41, 5.74) is 0.752. The Morgan fingerprint density at radius 3 is 2.26 bits per heavy atom. The summed E-state index contributed by atoms with van der Waals surface area (Å²) in [4.78, 5) is 25.1. The molecule has 0 bridgehead atoms. The Hall–Kier alpha value is -1.95. The summed E-state index contributed by atoms with van der Waals surface area (Å²) in [7, 11) is 0. The minimum absolute atomic E-state index is 0.161. The van der Waals surface area contributed by atoms with Crippen LogP contribution in [-0.2, 0) is 9.53 Å². The molecule has 0 fully saturated rings. The SMILES string of the molecule is CCOC(=O)C(N=Nc1ccc(Cl)cc1Cl)C(C)C(=O)c1ccc(Cl)cc1. The van der Waals surface area contributed by atoms with Crippen LogP contribution >= 0.6 is 34.8 Å². The van der Waals surface area contributed by atoms with E-state index >= 15 is 0 Å². The van der Waals surface area contributed by atoms with Crippen LogP contribution in [-0.4, -0.2) is 24.4 Å². The molecule has 27 heavy (non-hydrogen) atoms. The van der Waals surface area contributed by atoms with Gasteiger partial charge in [0.15, 0.2) is 11.8 Å². The van der Waals surface area contributed by atoms with Crippen molar-refractivity contribution in [1.29, 1.82) is 0 Å². The molecule has 0 N–H and O–H groups in total. The zero-order valence-electron chi connectivity index (χ0n) is 14.7. The van der Waals surface area contributed by atoms with Crippen LogP contribution < -0.4 is 0 Å². The molecule has 5 nitrogen and oxygen atoms in total. The van der Waals surface area contributed by atoms with Gasteiger partial charge in [0.25, 0.3) is 0 Å². The van der Waals surface area contributed by atoms with Gasteiger partial charge in [-0.1, -0.05) is 41.7 Å². The Bertz CT molecular complexity index is 854. The number of nitrogens with zero attached hydrogens (tertiary/aromatic N) is 2. The topological polar surface area (TPSA) is 68.1 Å². The van der Waals surface area contributed by atoms with Gasteiger partial charge >= 0.3 is 5.97 Å². The van der Waals surface area contributed by atoms with E-state index in [1.165, 1.54) is 6.07 Å². The normalized spacial score (nSPS) is 13.4. The van der Waals surface area contributed by atoms with E-state index in [-0.39, 0.29) is 17.4 Å². The molecule has 2 unspecified atom stereocenters. The van der Waals surface area contributed by atoms with Gasteiger partial charge in [0.05, 0.1) is 17.5 Å². The van der Waals surface area contributed by atoms with Crippen LogP contribution in [0, 0.1) is 5.92 Å². The third-order valence-electron chi connectivity index (χ3n) is 3.74. The zero-order chi connectivity index (χ0) is 20.0. The number of azo groups is 1. The summed E-state index contributed by atoms with van der Waals surface area (Å²) in [6.07, 6.45) is 0. The molecular formula is C19H17Cl3N2O3. The average molecular weight is 428 g/mol. The summed E-state index contributed by atoms with van der Waals surface area (Å²) in [5.74, 6) is -1.70. The first-order chi connectivity index (χ1) is 12.8. The van der Waals surface area contributed by atoms with E-state index in [0.29, 0.717) is 21.3 Å². The molecule has 0 aliphatic carbocycles. The molecule has 0 amide bonds. The van der Waals surface area contributed by atoms with E-state index in [9.17, 15) is 9.59 Å². The Balaban J connectivity index is 2.30. The highest BCUT2D eigenvalue weighted by Crippen LogP contribution is 2.29.